The molecule has 0 spiro atoms. The predicted octanol–water partition coefficient (Wildman–Crippen LogP) is 1.98. The van der Waals surface area contributed by atoms with E-state index in [0.717, 1.165) is 32.0 Å². The van der Waals surface area contributed by atoms with Gasteiger partial charge in [0, 0.05) is 19.6 Å². The van der Waals surface area contributed by atoms with Crippen LogP contribution in [0, 0.1) is 5.92 Å². The van der Waals surface area contributed by atoms with E-state index in [1.54, 1.807) is 0 Å². The molecule has 0 aromatic carbocycles. The van der Waals surface area contributed by atoms with E-state index in [1.807, 2.05) is 4.90 Å². The van der Waals surface area contributed by atoms with Gasteiger partial charge in [-0.1, -0.05) is 19.3 Å². The first-order valence-corrected chi connectivity index (χ1v) is 5.89. The Kier molecular flexibility index (Phi) is 3.27. The van der Waals surface area contributed by atoms with Crippen LogP contribution in [-0.4, -0.2) is 30.6 Å². The van der Waals surface area contributed by atoms with E-state index < -0.39 is 0 Å². The molecular formula is C11H20N2O. The SMILES string of the molecule is O=C1NCCCN1CC1CCCCC1. The van der Waals surface area contributed by atoms with Gasteiger partial charge in [0.2, 0.25) is 0 Å². The van der Waals surface area contributed by atoms with E-state index in [-0.39, 0.29) is 6.03 Å². The highest BCUT2D eigenvalue weighted by Crippen LogP contribution is 2.24. The Morgan fingerprint density at radius 3 is 2.71 bits per heavy atom. The van der Waals surface area contributed by atoms with Gasteiger partial charge >= 0.3 is 6.03 Å². The minimum Gasteiger partial charge on any atom is -0.338 e. The van der Waals surface area contributed by atoms with Gasteiger partial charge in [0.25, 0.3) is 0 Å². The lowest BCUT2D eigenvalue weighted by molar-refractivity contribution is 0.166. The molecule has 1 heterocycles. The molecule has 3 nitrogen and oxygen atoms in total. The predicted molar refractivity (Wildman–Crippen MR) is 56.2 cm³/mol. The summed E-state index contributed by atoms with van der Waals surface area (Å²) in [7, 11) is 0. The number of carbonyl (C=O) groups is 1. The maximum absolute atomic E-state index is 11.5. The van der Waals surface area contributed by atoms with Crippen LogP contribution in [0.1, 0.15) is 38.5 Å². The molecule has 0 bridgehead atoms. The molecule has 0 aromatic heterocycles. The fraction of sp³-hybridized carbons (Fsp3) is 0.909. The average Bonchev–Trinajstić information content (AvgIpc) is 2.23. The third-order valence-corrected chi connectivity index (χ3v) is 3.37. The van der Waals surface area contributed by atoms with E-state index in [0.29, 0.717) is 0 Å². The Labute approximate surface area is 85.8 Å². The second-order valence-electron chi connectivity index (χ2n) is 4.54. The Morgan fingerprint density at radius 1 is 1.21 bits per heavy atom. The van der Waals surface area contributed by atoms with Gasteiger partial charge in [0.15, 0.2) is 0 Å². The molecular weight excluding hydrogens is 176 g/mol. The van der Waals surface area contributed by atoms with Crippen molar-refractivity contribution in [3.8, 4) is 0 Å². The van der Waals surface area contributed by atoms with Crippen molar-refractivity contribution in [3.05, 3.63) is 0 Å². The van der Waals surface area contributed by atoms with Crippen LogP contribution >= 0.6 is 0 Å². The quantitative estimate of drug-likeness (QED) is 0.719. The molecule has 0 aromatic rings. The van der Waals surface area contributed by atoms with E-state index in [4.69, 9.17) is 0 Å². The van der Waals surface area contributed by atoms with E-state index in [1.165, 1.54) is 32.1 Å². The van der Waals surface area contributed by atoms with Crippen molar-refractivity contribution in [1.82, 2.24) is 10.2 Å². The summed E-state index contributed by atoms with van der Waals surface area (Å²) in [5.41, 5.74) is 0. The summed E-state index contributed by atoms with van der Waals surface area (Å²) in [6.45, 7) is 2.81. The van der Waals surface area contributed by atoms with Crippen LogP contribution in [0.25, 0.3) is 0 Å². The van der Waals surface area contributed by atoms with Crippen LogP contribution < -0.4 is 5.32 Å². The molecule has 1 N–H and O–H groups in total. The molecule has 2 fully saturated rings. The number of nitrogens with zero attached hydrogens (tertiary/aromatic N) is 1. The van der Waals surface area contributed by atoms with Gasteiger partial charge in [-0.3, -0.25) is 0 Å². The van der Waals surface area contributed by atoms with Gasteiger partial charge in [0.1, 0.15) is 0 Å². The largest absolute Gasteiger partial charge is 0.338 e. The number of urea groups is 1. The summed E-state index contributed by atoms with van der Waals surface area (Å²) in [6.07, 6.45) is 7.87. The molecule has 0 atom stereocenters. The molecule has 1 saturated carbocycles. The van der Waals surface area contributed by atoms with Gasteiger partial charge < -0.3 is 10.2 Å². The van der Waals surface area contributed by atoms with Crippen LogP contribution in [0.3, 0.4) is 0 Å². The Bertz CT molecular complexity index is 199. The molecule has 1 aliphatic heterocycles. The van der Waals surface area contributed by atoms with Crippen molar-refractivity contribution in [2.45, 2.75) is 38.5 Å². The zero-order valence-corrected chi connectivity index (χ0v) is 8.80. The highest BCUT2D eigenvalue weighted by molar-refractivity contribution is 5.74. The molecule has 3 heteroatoms. The second kappa shape index (κ2) is 4.67. The summed E-state index contributed by atoms with van der Waals surface area (Å²) in [5, 5.41) is 2.91. The first-order chi connectivity index (χ1) is 6.86. The third-order valence-electron chi connectivity index (χ3n) is 3.37. The summed E-state index contributed by atoms with van der Waals surface area (Å²) in [6, 6.07) is 0.154. The van der Waals surface area contributed by atoms with Crippen molar-refractivity contribution >= 4 is 6.03 Å². The molecule has 0 unspecified atom stereocenters. The van der Waals surface area contributed by atoms with Gasteiger partial charge in [-0.25, -0.2) is 4.79 Å². The van der Waals surface area contributed by atoms with Gasteiger partial charge in [-0.2, -0.15) is 0 Å². The minimum absolute atomic E-state index is 0.154. The van der Waals surface area contributed by atoms with Crippen molar-refractivity contribution in [2.75, 3.05) is 19.6 Å². The normalized spacial score (nSPS) is 24.9. The standard InChI is InChI=1S/C11H20N2O/c14-11-12-7-4-8-13(11)9-10-5-2-1-3-6-10/h10H,1-9H2,(H,12,14). The summed E-state index contributed by atoms with van der Waals surface area (Å²) in [4.78, 5) is 13.5. The average molecular weight is 196 g/mol. The molecule has 1 saturated heterocycles. The number of nitrogens with one attached hydrogen (secondary N) is 1. The van der Waals surface area contributed by atoms with Crippen molar-refractivity contribution in [2.24, 2.45) is 5.92 Å². The third kappa shape index (κ3) is 2.40. The zero-order valence-electron chi connectivity index (χ0n) is 8.80. The first-order valence-electron chi connectivity index (χ1n) is 5.89. The number of carbonyl (C=O) groups excluding carboxylic acids is 1. The molecule has 80 valence electrons. The molecule has 2 aliphatic rings. The molecule has 1 aliphatic carbocycles. The van der Waals surface area contributed by atoms with E-state index in [2.05, 4.69) is 5.32 Å². The van der Waals surface area contributed by atoms with Gasteiger partial charge in [0.05, 0.1) is 0 Å². The highest BCUT2D eigenvalue weighted by Gasteiger charge is 2.22. The summed E-state index contributed by atoms with van der Waals surface area (Å²) in [5.74, 6) is 0.771. The van der Waals surface area contributed by atoms with Crippen molar-refractivity contribution in [1.29, 1.82) is 0 Å². The fourth-order valence-electron chi connectivity index (χ4n) is 2.53. The summed E-state index contributed by atoms with van der Waals surface area (Å²) < 4.78 is 0. The molecule has 14 heavy (non-hydrogen) atoms. The van der Waals surface area contributed by atoms with Gasteiger partial charge in [-0.15, -0.1) is 0 Å². The van der Waals surface area contributed by atoms with E-state index in [9.17, 15) is 4.79 Å². The fourth-order valence-corrected chi connectivity index (χ4v) is 2.53. The Morgan fingerprint density at radius 2 is 2.00 bits per heavy atom. The number of hydrogen-bond acceptors (Lipinski definition) is 1. The second-order valence-corrected chi connectivity index (χ2v) is 4.54. The summed E-state index contributed by atoms with van der Waals surface area (Å²) >= 11 is 0. The molecule has 2 rings (SSSR count). The van der Waals surface area contributed by atoms with Gasteiger partial charge in [-0.05, 0) is 25.2 Å². The van der Waals surface area contributed by atoms with Crippen LogP contribution in [0.4, 0.5) is 4.79 Å². The maximum atomic E-state index is 11.5. The smallest absolute Gasteiger partial charge is 0.317 e. The first kappa shape index (κ1) is 9.81. The van der Waals surface area contributed by atoms with Crippen molar-refractivity contribution < 1.29 is 4.79 Å². The lowest BCUT2D eigenvalue weighted by Gasteiger charge is -2.32. The zero-order chi connectivity index (χ0) is 9.80. The topological polar surface area (TPSA) is 32.3 Å². The van der Waals surface area contributed by atoms with Crippen LogP contribution in [0.2, 0.25) is 0 Å². The van der Waals surface area contributed by atoms with Crippen LogP contribution in [0.5, 0.6) is 0 Å². The van der Waals surface area contributed by atoms with E-state index >= 15 is 0 Å². The maximum Gasteiger partial charge on any atom is 0.317 e. The molecule has 0 radical (unpaired) electrons. The molecule has 2 amide bonds. The Hall–Kier alpha value is -0.730. The number of amides is 2. The minimum atomic E-state index is 0.154. The lowest BCUT2D eigenvalue weighted by Crippen LogP contribution is -2.48. The monoisotopic (exact) mass is 196 g/mol. The number of hydrogen-bond donors (Lipinski definition) is 1. The lowest BCUT2D eigenvalue weighted by atomic mass is 9.89. The number of rotatable bonds is 2. The van der Waals surface area contributed by atoms with Crippen molar-refractivity contribution in [3.63, 3.8) is 0 Å². The Balaban J connectivity index is 1.79. The highest BCUT2D eigenvalue weighted by atomic mass is 16.2. The van der Waals surface area contributed by atoms with Crippen LogP contribution in [-0.2, 0) is 0 Å². The van der Waals surface area contributed by atoms with Crippen LogP contribution in [0.15, 0.2) is 0 Å².